The van der Waals surface area contributed by atoms with E-state index in [-0.39, 0.29) is 16.8 Å². The van der Waals surface area contributed by atoms with Crippen LogP contribution in [0.25, 0.3) is 0 Å². The van der Waals surface area contributed by atoms with Crippen molar-refractivity contribution >= 4 is 23.8 Å². The van der Waals surface area contributed by atoms with Crippen LogP contribution in [0.2, 0.25) is 0 Å². The van der Waals surface area contributed by atoms with Crippen molar-refractivity contribution in [3.8, 4) is 0 Å². The number of carboxylic acid groups (broad SMARTS) is 1. The van der Waals surface area contributed by atoms with Gasteiger partial charge in [0, 0.05) is 17.3 Å². The van der Waals surface area contributed by atoms with Gasteiger partial charge in [-0.25, -0.2) is 4.79 Å². The first-order valence-corrected chi connectivity index (χ1v) is 7.40. The van der Waals surface area contributed by atoms with Gasteiger partial charge < -0.3 is 15.7 Å². The summed E-state index contributed by atoms with van der Waals surface area (Å²) in [6.07, 6.45) is 4.25. The van der Waals surface area contributed by atoms with Crippen LogP contribution in [0.1, 0.15) is 33.1 Å². The highest BCUT2D eigenvalue weighted by Crippen LogP contribution is 2.25. The standard InChI is InChI=1S/C12H22N2O3S/c1-12(2,18-3)7-13-11(17)14-9-6-4-5-8(9)10(15)16/h8-9H,4-7H2,1-3H3,(H,15,16)(H2,13,14,17). The summed E-state index contributed by atoms with van der Waals surface area (Å²) in [7, 11) is 0. The van der Waals surface area contributed by atoms with E-state index >= 15 is 0 Å². The first-order chi connectivity index (χ1) is 8.35. The fraction of sp³-hybridized carbons (Fsp3) is 0.833. The molecule has 0 aromatic heterocycles. The molecule has 2 amide bonds. The van der Waals surface area contributed by atoms with E-state index in [1.807, 2.05) is 20.1 Å². The van der Waals surface area contributed by atoms with Crippen molar-refractivity contribution in [3.05, 3.63) is 0 Å². The van der Waals surface area contributed by atoms with Crippen LogP contribution in [-0.4, -0.2) is 40.7 Å². The zero-order valence-corrected chi connectivity index (χ0v) is 12.0. The molecule has 1 fully saturated rings. The molecule has 0 saturated heterocycles. The third-order valence-corrected chi connectivity index (χ3v) is 4.63. The van der Waals surface area contributed by atoms with Gasteiger partial charge in [0.25, 0.3) is 0 Å². The molecule has 0 spiro atoms. The van der Waals surface area contributed by atoms with Gasteiger partial charge in [0.15, 0.2) is 0 Å². The number of thioether (sulfide) groups is 1. The van der Waals surface area contributed by atoms with Crippen molar-refractivity contribution in [1.82, 2.24) is 10.6 Å². The second-order valence-electron chi connectivity index (χ2n) is 5.27. The van der Waals surface area contributed by atoms with E-state index in [1.54, 1.807) is 11.8 Å². The van der Waals surface area contributed by atoms with Crippen LogP contribution in [0.3, 0.4) is 0 Å². The Kier molecular flexibility index (Phi) is 5.31. The molecule has 2 unspecified atom stereocenters. The van der Waals surface area contributed by atoms with Gasteiger partial charge in [-0.3, -0.25) is 4.79 Å². The first-order valence-electron chi connectivity index (χ1n) is 6.18. The summed E-state index contributed by atoms with van der Waals surface area (Å²) < 4.78 is -0.0147. The lowest BCUT2D eigenvalue weighted by Crippen LogP contribution is -2.48. The highest BCUT2D eigenvalue weighted by Gasteiger charge is 2.34. The second-order valence-corrected chi connectivity index (χ2v) is 6.79. The molecule has 2 atom stereocenters. The largest absolute Gasteiger partial charge is 0.481 e. The van der Waals surface area contributed by atoms with Gasteiger partial charge in [-0.05, 0) is 32.9 Å². The molecule has 6 heteroatoms. The smallest absolute Gasteiger partial charge is 0.315 e. The summed E-state index contributed by atoms with van der Waals surface area (Å²) >= 11 is 1.68. The average Bonchev–Trinajstić information content (AvgIpc) is 2.75. The molecule has 3 N–H and O–H groups in total. The Morgan fingerprint density at radius 2 is 2.06 bits per heavy atom. The monoisotopic (exact) mass is 274 g/mol. The van der Waals surface area contributed by atoms with Gasteiger partial charge in [0.1, 0.15) is 0 Å². The maximum Gasteiger partial charge on any atom is 0.315 e. The van der Waals surface area contributed by atoms with Crippen molar-refractivity contribution in [1.29, 1.82) is 0 Å². The first kappa shape index (κ1) is 15.1. The number of carboxylic acids is 1. The Labute approximate surface area is 112 Å². The molecule has 0 aliphatic heterocycles. The van der Waals surface area contributed by atoms with Gasteiger partial charge in [0.2, 0.25) is 0 Å². The van der Waals surface area contributed by atoms with Gasteiger partial charge >= 0.3 is 12.0 Å². The summed E-state index contributed by atoms with van der Waals surface area (Å²) in [5, 5.41) is 14.6. The average molecular weight is 274 g/mol. The summed E-state index contributed by atoms with van der Waals surface area (Å²) in [4.78, 5) is 22.7. The van der Waals surface area contributed by atoms with E-state index in [4.69, 9.17) is 5.11 Å². The van der Waals surface area contributed by atoms with E-state index in [9.17, 15) is 9.59 Å². The minimum absolute atomic E-state index is 0.0147. The number of nitrogens with one attached hydrogen (secondary N) is 2. The fourth-order valence-corrected chi connectivity index (χ4v) is 2.23. The maximum atomic E-state index is 11.7. The molecular weight excluding hydrogens is 252 g/mol. The van der Waals surface area contributed by atoms with E-state index in [0.29, 0.717) is 13.0 Å². The normalized spacial score (nSPS) is 23.7. The molecule has 0 radical (unpaired) electrons. The third kappa shape index (κ3) is 4.40. The Balaban J connectivity index is 2.38. The Hall–Kier alpha value is -0.910. The number of rotatable bonds is 5. The zero-order valence-electron chi connectivity index (χ0n) is 11.2. The Morgan fingerprint density at radius 3 is 2.61 bits per heavy atom. The highest BCUT2D eigenvalue weighted by atomic mass is 32.2. The van der Waals surface area contributed by atoms with Gasteiger partial charge in [-0.15, -0.1) is 0 Å². The van der Waals surface area contributed by atoms with E-state index < -0.39 is 11.9 Å². The molecule has 1 aliphatic carbocycles. The molecule has 0 aromatic rings. The van der Waals surface area contributed by atoms with E-state index in [1.165, 1.54) is 0 Å². The lowest BCUT2D eigenvalue weighted by atomic mass is 10.0. The third-order valence-electron chi connectivity index (χ3n) is 3.38. The molecule has 1 saturated carbocycles. The number of carbonyl (C=O) groups is 2. The molecule has 0 aromatic carbocycles. The van der Waals surface area contributed by atoms with Crippen LogP contribution < -0.4 is 10.6 Å². The molecule has 5 nitrogen and oxygen atoms in total. The summed E-state index contributed by atoms with van der Waals surface area (Å²) in [6.45, 7) is 4.66. The Bertz CT molecular complexity index is 320. The van der Waals surface area contributed by atoms with E-state index in [2.05, 4.69) is 10.6 Å². The minimum Gasteiger partial charge on any atom is -0.481 e. The Morgan fingerprint density at radius 1 is 1.39 bits per heavy atom. The number of aliphatic carboxylic acids is 1. The molecule has 18 heavy (non-hydrogen) atoms. The fourth-order valence-electron chi connectivity index (χ4n) is 2.01. The predicted octanol–water partition coefficient (Wildman–Crippen LogP) is 1.68. The molecule has 1 rings (SSSR count). The van der Waals surface area contributed by atoms with Crippen LogP contribution in [-0.2, 0) is 4.79 Å². The molecule has 1 aliphatic rings. The van der Waals surface area contributed by atoms with Crippen LogP contribution in [0.15, 0.2) is 0 Å². The number of amides is 2. The van der Waals surface area contributed by atoms with Crippen LogP contribution in [0.4, 0.5) is 4.79 Å². The molecule has 0 heterocycles. The maximum absolute atomic E-state index is 11.7. The van der Waals surface area contributed by atoms with Crippen LogP contribution in [0, 0.1) is 5.92 Å². The summed E-state index contributed by atoms with van der Waals surface area (Å²) in [6, 6.07) is -0.504. The topological polar surface area (TPSA) is 78.4 Å². The van der Waals surface area contributed by atoms with Crippen molar-refractivity contribution in [2.45, 2.75) is 43.9 Å². The van der Waals surface area contributed by atoms with Crippen LogP contribution >= 0.6 is 11.8 Å². The molecule has 104 valence electrons. The quantitative estimate of drug-likeness (QED) is 0.713. The lowest BCUT2D eigenvalue weighted by Gasteiger charge is -2.24. The van der Waals surface area contributed by atoms with Crippen molar-refractivity contribution < 1.29 is 14.7 Å². The van der Waals surface area contributed by atoms with Gasteiger partial charge in [-0.2, -0.15) is 11.8 Å². The zero-order chi connectivity index (χ0) is 13.8. The van der Waals surface area contributed by atoms with Gasteiger partial charge in [0.05, 0.1) is 5.92 Å². The number of carbonyl (C=O) groups excluding carboxylic acids is 1. The van der Waals surface area contributed by atoms with Crippen molar-refractivity contribution in [2.24, 2.45) is 5.92 Å². The summed E-state index contributed by atoms with van der Waals surface area (Å²) in [5.41, 5.74) is 0. The highest BCUT2D eigenvalue weighted by molar-refractivity contribution is 7.99. The minimum atomic E-state index is -0.817. The summed E-state index contributed by atoms with van der Waals surface area (Å²) in [5.74, 6) is -1.26. The second kappa shape index (κ2) is 6.31. The number of urea groups is 1. The predicted molar refractivity (Wildman–Crippen MR) is 72.9 cm³/mol. The number of hydrogen-bond acceptors (Lipinski definition) is 3. The lowest BCUT2D eigenvalue weighted by molar-refractivity contribution is -0.142. The molecular formula is C12H22N2O3S. The van der Waals surface area contributed by atoms with Crippen molar-refractivity contribution in [2.75, 3.05) is 12.8 Å². The molecule has 0 bridgehead atoms. The van der Waals surface area contributed by atoms with Crippen molar-refractivity contribution in [3.63, 3.8) is 0 Å². The van der Waals surface area contributed by atoms with Crippen LogP contribution in [0.5, 0.6) is 0 Å². The number of hydrogen-bond donors (Lipinski definition) is 3. The van der Waals surface area contributed by atoms with E-state index in [0.717, 1.165) is 12.8 Å². The van der Waals surface area contributed by atoms with Gasteiger partial charge in [-0.1, -0.05) is 6.42 Å². The SMILES string of the molecule is CSC(C)(C)CNC(=O)NC1CCCC1C(=O)O.